The third kappa shape index (κ3) is 3.67. The van der Waals surface area contributed by atoms with Crippen molar-refractivity contribution < 1.29 is 9.18 Å². The summed E-state index contributed by atoms with van der Waals surface area (Å²) in [7, 11) is 0. The van der Waals surface area contributed by atoms with Gasteiger partial charge in [-0.2, -0.15) is 0 Å². The van der Waals surface area contributed by atoms with Gasteiger partial charge in [-0.3, -0.25) is 14.2 Å². The molecule has 0 fully saturated rings. The van der Waals surface area contributed by atoms with Crippen LogP contribution in [-0.2, 0) is 4.79 Å². The maximum atomic E-state index is 13.2. The van der Waals surface area contributed by atoms with Gasteiger partial charge in [0.15, 0.2) is 5.16 Å². The molecule has 130 valence electrons. The van der Waals surface area contributed by atoms with Gasteiger partial charge in [-0.25, -0.2) is 9.37 Å². The minimum absolute atomic E-state index is 0.0721. The second-order valence-corrected chi connectivity index (χ2v) is 8.47. The quantitative estimate of drug-likeness (QED) is 0.503. The van der Waals surface area contributed by atoms with Crippen LogP contribution in [0.5, 0.6) is 0 Å². The first-order chi connectivity index (χ1) is 11.8. The predicted octanol–water partition coefficient (Wildman–Crippen LogP) is 4.29. The van der Waals surface area contributed by atoms with E-state index in [4.69, 9.17) is 0 Å². The van der Waals surface area contributed by atoms with Crippen LogP contribution in [-0.4, -0.2) is 21.1 Å². The van der Waals surface area contributed by atoms with Crippen molar-refractivity contribution in [2.24, 2.45) is 5.41 Å². The highest BCUT2D eigenvalue weighted by Crippen LogP contribution is 2.26. The van der Waals surface area contributed by atoms with Crippen LogP contribution in [0.15, 0.2) is 45.7 Å². The number of ketones is 1. The number of hydrogen-bond donors (Lipinski definition) is 0. The van der Waals surface area contributed by atoms with Gasteiger partial charge in [0.1, 0.15) is 16.3 Å². The Morgan fingerprint density at radius 3 is 2.56 bits per heavy atom. The number of fused-ring (bicyclic) bond motifs is 1. The van der Waals surface area contributed by atoms with Gasteiger partial charge in [0.05, 0.1) is 17.0 Å². The van der Waals surface area contributed by atoms with Crippen LogP contribution in [0.1, 0.15) is 20.8 Å². The zero-order chi connectivity index (χ0) is 18.2. The Hall–Kier alpha value is -1.99. The molecule has 0 amide bonds. The van der Waals surface area contributed by atoms with E-state index in [0.717, 1.165) is 0 Å². The van der Waals surface area contributed by atoms with Gasteiger partial charge in [0.25, 0.3) is 5.56 Å². The molecule has 3 aromatic rings. The fourth-order valence-electron chi connectivity index (χ4n) is 2.15. The van der Waals surface area contributed by atoms with E-state index in [-0.39, 0.29) is 22.9 Å². The van der Waals surface area contributed by atoms with Gasteiger partial charge in [-0.15, -0.1) is 11.3 Å². The van der Waals surface area contributed by atoms with E-state index in [2.05, 4.69) is 4.98 Å². The Bertz CT molecular complexity index is 985. The fourth-order valence-corrected chi connectivity index (χ4v) is 4.09. The first kappa shape index (κ1) is 17.8. The average Bonchev–Trinajstić information content (AvgIpc) is 3.02. The maximum Gasteiger partial charge on any atom is 0.276 e. The number of thioether (sulfide) groups is 1. The normalized spacial score (nSPS) is 11.8. The number of halogens is 1. The lowest BCUT2D eigenvalue weighted by atomic mass is 9.92. The van der Waals surface area contributed by atoms with Crippen molar-refractivity contribution in [2.45, 2.75) is 25.9 Å². The van der Waals surface area contributed by atoms with Gasteiger partial charge in [-0.05, 0) is 35.7 Å². The van der Waals surface area contributed by atoms with Gasteiger partial charge in [0.2, 0.25) is 0 Å². The van der Waals surface area contributed by atoms with Crippen LogP contribution in [0.3, 0.4) is 0 Å². The number of thiophene rings is 1. The predicted molar refractivity (Wildman–Crippen MR) is 100 cm³/mol. The van der Waals surface area contributed by atoms with E-state index in [1.54, 1.807) is 6.07 Å². The molecule has 2 aromatic heterocycles. The molecule has 0 radical (unpaired) electrons. The number of aromatic nitrogens is 2. The zero-order valence-electron chi connectivity index (χ0n) is 14.1. The molecule has 0 aliphatic heterocycles. The molecule has 0 unspecified atom stereocenters. The van der Waals surface area contributed by atoms with Crippen LogP contribution >= 0.6 is 23.1 Å². The van der Waals surface area contributed by atoms with Gasteiger partial charge in [-0.1, -0.05) is 32.5 Å². The van der Waals surface area contributed by atoms with E-state index < -0.39 is 5.41 Å². The topological polar surface area (TPSA) is 52.0 Å². The molecular formula is C18H17FN2O2S2. The number of rotatable bonds is 4. The monoisotopic (exact) mass is 376 g/mol. The van der Waals surface area contributed by atoms with Crippen molar-refractivity contribution in [1.29, 1.82) is 0 Å². The molecule has 25 heavy (non-hydrogen) atoms. The lowest BCUT2D eigenvalue weighted by molar-refractivity contribution is -0.123. The summed E-state index contributed by atoms with van der Waals surface area (Å²) < 4.78 is 15.2. The van der Waals surface area contributed by atoms with Crippen molar-refractivity contribution >= 4 is 39.1 Å². The van der Waals surface area contributed by atoms with Crippen molar-refractivity contribution in [2.75, 3.05) is 5.75 Å². The minimum Gasteiger partial charge on any atom is -0.298 e. The van der Waals surface area contributed by atoms with Crippen molar-refractivity contribution in [3.05, 3.63) is 51.9 Å². The second kappa shape index (κ2) is 6.72. The highest BCUT2D eigenvalue weighted by atomic mass is 32.2. The Morgan fingerprint density at radius 2 is 1.92 bits per heavy atom. The molecular weight excluding hydrogens is 359 g/mol. The van der Waals surface area contributed by atoms with Crippen molar-refractivity contribution in [1.82, 2.24) is 9.55 Å². The SMILES string of the molecule is CC(C)(C)C(=O)CSc1nc2ccsc2c(=O)n1-c1ccc(F)cc1. The van der Waals surface area contributed by atoms with Crippen molar-refractivity contribution in [3.63, 3.8) is 0 Å². The van der Waals surface area contributed by atoms with E-state index >= 15 is 0 Å². The Morgan fingerprint density at radius 1 is 1.24 bits per heavy atom. The standard InChI is InChI=1S/C18H17FN2O2S2/c1-18(2,3)14(22)10-25-17-20-13-8-9-24-15(13)16(23)21(17)12-6-4-11(19)5-7-12/h4-9H,10H2,1-3H3. The Labute approximate surface area is 152 Å². The molecule has 0 aliphatic rings. The number of benzene rings is 1. The lowest BCUT2D eigenvalue weighted by Crippen LogP contribution is -2.24. The number of carbonyl (C=O) groups is 1. The summed E-state index contributed by atoms with van der Waals surface area (Å²) in [5.74, 6) is -0.0887. The summed E-state index contributed by atoms with van der Waals surface area (Å²) in [6.45, 7) is 5.58. The lowest BCUT2D eigenvalue weighted by Gasteiger charge is -2.17. The third-order valence-corrected chi connectivity index (χ3v) is 5.53. The molecule has 0 spiro atoms. The number of Topliss-reactive ketones (excluding diaryl/α,β-unsaturated/α-hetero) is 1. The molecule has 3 rings (SSSR count). The van der Waals surface area contributed by atoms with E-state index in [0.29, 0.717) is 21.1 Å². The molecule has 0 atom stereocenters. The fraction of sp³-hybridized carbons (Fsp3) is 0.278. The number of hydrogen-bond acceptors (Lipinski definition) is 5. The van der Waals surface area contributed by atoms with E-state index in [9.17, 15) is 14.0 Å². The van der Waals surface area contributed by atoms with Gasteiger partial charge < -0.3 is 0 Å². The highest BCUT2D eigenvalue weighted by molar-refractivity contribution is 7.99. The minimum atomic E-state index is -0.458. The van der Waals surface area contributed by atoms with Gasteiger partial charge in [0, 0.05) is 5.41 Å². The molecule has 0 saturated heterocycles. The number of nitrogens with zero attached hydrogens (tertiary/aromatic N) is 2. The zero-order valence-corrected chi connectivity index (χ0v) is 15.7. The molecule has 0 saturated carbocycles. The summed E-state index contributed by atoms with van der Waals surface area (Å²) in [6, 6.07) is 7.46. The number of carbonyl (C=O) groups excluding carboxylic acids is 1. The molecule has 4 nitrogen and oxygen atoms in total. The van der Waals surface area contributed by atoms with Crippen LogP contribution in [0, 0.1) is 11.2 Å². The van der Waals surface area contributed by atoms with Crippen LogP contribution in [0.4, 0.5) is 4.39 Å². The molecule has 2 heterocycles. The smallest absolute Gasteiger partial charge is 0.276 e. The Balaban J connectivity index is 2.09. The highest BCUT2D eigenvalue weighted by Gasteiger charge is 2.23. The largest absolute Gasteiger partial charge is 0.298 e. The van der Waals surface area contributed by atoms with E-state index in [1.165, 1.54) is 51.9 Å². The molecule has 0 aliphatic carbocycles. The summed E-state index contributed by atoms with van der Waals surface area (Å²) >= 11 is 2.54. The Kier molecular flexibility index (Phi) is 4.79. The first-order valence-electron chi connectivity index (χ1n) is 7.69. The third-order valence-electron chi connectivity index (χ3n) is 3.70. The summed E-state index contributed by atoms with van der Waals surface area (Å²) in [4.78, 5) is 29.7. The summed E-state index contributed by atoms with van der Waals surface area (Å²) in [5.41, 5.74) is 0.469. The molecule has 7 heteroatoms. The summed E-state index contributed by atoms with van der Waals surface area (Å²) in [6.07, 6.45) is 0. The molecule has 1 aromatic carbocycles. The maximum absolute atomic E-state index is 13.2. The molecule has 0 N–H and O–H groups in total. The van der Waals surface area contributed by atoms with Crippen LogP contribution in [0.2, 0.25) is 0 Å². The van der Waals surface area contributed by atoms with Crippen molar-refractivity contribution in [3.8, 4) is 5.69 Å². The van der Waals surface area contributed by atoms with Crippen LogP contribution in [0.25, 0.3) is 15.9 Å². The summed E-state index contributed by atoms with van der Waals surface area (Å²) in [5, 5.41) is 2.24. The molecule has 0 bridgehead atoms. The first-order valence-corrected chi connectivity index (χ1v) is 9.56. The van der Waals surface area contributed by atoms with E-state index in [1.807, 2.05) is 26.2 Å². The average molecular weight is 376 g/mol. The second-order valence-electron chi connectivity index (χ2n) is 6.61. The van der Waals surface area contributed by atoms with Gasteiger partial charge >= 0.3 is 0 Å². The van der Waals surface area contributed by atoms with Crippen LogP contribution < -0.4 is 5.56 Å².